The summed E-state index contributed by atoms with van der Waals surface area (Å²) in [6, 6.07) is 10.4. The molecule has 0 aromatic heterocycles. The lowest BCUT2D eigenvalue weighted by Gasteiger charge is -2.17. The number of rotatable bonds is 8. The first-order chi connectivity index (χ1) is 13.5. The van der Waals surface area contributed by atoms with Gasteiger partial charge in [-0.1, -0.05) is 18.2 Å². The van der Waals surface area contributed by atoms with Crippen LogP contribution < -0.4 is 20.1 Å². The zero-order valence-electron chi connectivity index (χ0n) is 16.8. The standard InChI is InChI=1S/C21H28FN3O3/c1-5-23-21(24-12-15-7-6-14(2)17(22)10-15)25-13-18(26)16-8-9-19(27-3)20(11-16)28-4/h6-11,18,26H,5,12-13H2,1-4H3,(H2,23,24,25). The zero-order chi connectivity index (χ0) is 20.5. The fraction of sp³-hybridized carbons (Fsp3) is 0.381. The number of methoxy groups -OCH3 is 2. The maximum Gasteiger partial charge on any atom is 0.191 e. The van der Waals surface area contributed by atoms with E-state index < -0.39 is 6.10 Å². The molecule has 0 fully saturated rings. The number of nitrogens with zero attached hydrogens (tertiary/aromatic N) is 1. The Bertz CT molecular complexity index is 811. The van der Waals surface area contributed by atoms with Crippen molar-refractivity contribution in [1.82, 2.24) is 10.6 Å². The molecule has 3 N–H and O–H groups in total. The number of aliphatic imine (C=N–C) groups is 1. The minimum Gasteiger partial charge on any atom is -0.493 e. The summed E-state index contributed by atoms with van der Waals surface area (Å²) >= 11 is 0. The van der Waals surface area contributed by atoms with Crippen molar-refractivity contribution in [1.29, 1.82) is 0 Å². The van der Waals surface area contributed by atoms with E-state index in [1.807, 2.05) is 13.0 Å². The van der Waals surface area contributed by atoms with Gasteiger partial charge in [0, 0.05) is 13.1 Å². The average Bonchev–Trinajstić information content (AvgIpc) is 2.71. The Balaban J connectivity index is 2.02. The summed E-state index contributed by atoms with van der Waals surface area (Å²) in [6.07, 6.45) is -0.763. The minimum atomic E-state index is -0.763. The second-order valence-corrected chi connectivity index (χ2v) is 6.29. The van der Waals surface area contributed by atoms with Crippen LogP contribution in [0.1, 0.15) is 29.7 Å². The molecule has 0 amide bonds. The van der Waals surface area contributed by atoms with Crippen LogP contribution in [0.15, 0.2) is 41.4 Å². The van der Waals surface area contributed by atoms with E-state index >= 15 is 0 Å². The molecule has 6 nitrogen and oxygen atoms in total. The molecule has 1 unspecified atom stereocenters. The highest BCUT2D eigenvalue weighted by atomic mass is 19.1. The maximum absolute atomic E-state index is 13.7. The van der Waals surface area contributed by atoms with E-state index in [1.165, 1.54) is 6.07 Å². The van der Waals surface area contributed by atoms with Gasteiger partial charge in [-0.2, -0.15) is 0 Å². The highest BCUT2D eigenvalue weighted by molar-refractivity contribution is 5.79. The summed E-state index contributed by atoms with van der Waals surface area (Å²) in [5, 5.41) is 16.7. The first-order valence-electron chi connectivity index (χ1n) is 9.15. The van der Waals surface area contributed by atoms with E-state index in [-0.39, 0.29) is 12.4 Å². The number of ether oxygens (including phenoxy) is 2. The van der Waals surface area contributed by atoms with Gasteiger partial charge in [-0.25, -0.2) is 9.38 Å². The summed E-state index contributed by atoms with van der Waals surface area (Å²) < 4.78 is 24.2. The number of aliphatic hydroxyl groups is 1. The second-order valence-electron chi connectivity index (χ2n) is 6.29. The topological polar surface area (TPSA) is 75.1 Å². The predicted octanol–water partition coefficient (Wildman–Crippen LogP) is 2.94. The van der Waals surface area contributed by atoms with Crippen molar-refractivity contribution in [2.45, 2.75) is 26.5 Å². The number of halogens is 1. The number of aryl methyl sites for hydroxylation is 1. The lowest BCUT2D eigenvalue weighted by molar-refractivity contribution is 0.180. The molecular formula is C21H28FN3O3. The molecule has 0 aliphatic heterocycles. The molecule has 2 rings (SSSR count). The van der Waals surface area contributed by atoms with Gasteiger partial charge < -0.3 is 25.2 Å². The van der Waals surface area contributed by atoms with Crippen LogP contribution in [-0.4, -0.2) is 38.4 Å². The number of hydrogen-bond donors (Lipinski definition) is 3. The number of nitrogens with one attached hydrogen (secondary N) is 2. The van der Waals surface area contributed by atoms with E-state index in [0.717, 1.165) is 5.56 Å². The molecule has 0 aliphatic rings. The fourth-order valence-electron chi connectivity index (χ4n) is 2.62. The van der Waals surface area contributed by atoms with Crippen molar-refractivity contribution in [3.63, 3.8) is 0 Å². The second kappa shape index (κ2) is 10.5. The Morgan fingerprint density at radius 1 is 1.11 bits per heavy atom. The number of aliphatic hydroxyl groups excluding tert-OH is 1. The molecule has 2 aromatic carbocycles. The van der Waals surface area contributed by atoms with Crippen molar-refractivity contribution in [3.05, 3.63) is 58.9 Å². The molecule has 0 spiro atoms. The largest absolute Gasteiger partial charge is 0.493 e. The normalized spacial score (nSPS) is 12.4. The molecular weight excluding hydrogens is 361 g/mol. The molecule has 0 heterocycles. The van der Waals surface area contributed by atoms with Gasteiger partial charge in [0.2, 0.25) is 0 Å². The van der Waals surface area contributed by atoms with Crippen LogP contribution in [0.4, 0.5) is 4.39 Å². The van der Waals surface area contributed by atoms with Gasteiger partial charge >= 0.3 is 0 Å². The summed E-state index contributed by atoms with van der Waals surface area (Å²) in [5.41, 5.74) is 2.08. The Morgan fingerprint density at radius 3 is 2.50 bits per heavy atom. The smallest absolute Gasteiger partial charge is 0.191 e. The van der Waals surface area contributed by atoms with E-state index in [1.54, 1.807) is 45.4 Å². The molecule has 2 aromatic rings. The lowest BCUT2D eigenvalue weighted by atomic mass is 10.1. The molecule has 0 aliphatic carbocycles. The van der Waals surface area contributed by atoms with Crippen molar-refractivity contribution in [2.75, 3.05) is 27.3 Å². The Morgan fingerprint density at radius 2 is 1.86 bits per heavy atom. The Hall–Kier alpha value is -2.80. The quantitative estimate of drug-likeness (QED) is 0.478. The first kappa shape index (κ1) is 21.5. The number of hydrogen-bond acceptors (Lipinski definition) is 4. The minimum absolute atomic E-state index is 0.241. The average molecular weight is 389 g/mol. The van der Waals surface area contributed by atoms with E-state index in [4.69, 9.17) is 9.47 Å². The molecule has 0 saturated carbocycles. The van der Waals surface area contributed by atoms with Crippen molar-refractivity contribution in [2.24, 2.45) is 4.99 Å². The molecule has 0 bridgehead atoms. The highest BCUT2D eigenvalue weighted by Gasteiger charge is 2.12. The van der Waals surface area contributed by atoms with Crippen LogP contribution in [0.25, 0.3) is 0 Å². The van der Waals surface area contributed by atoms with Crippen molar-refractivity contribution < 1.29 is 19.0 Å². The molecule has 152 valence electrons. The lowest BCUT2D eigenvalue weighted by Crippen LogP contribution is -2.39. The first-order valence-corrected chi connectivity index (χ1v) is 9.15. The highest BCUT2D eigenvalue weighted by Crippen LogP contribution is 2.29. The van der Waals surface area contributed by atoms with Crippen LogP contribution in [0.2, 0.25) is 0 Å². The third-order valence-electron chi connectivity index (χ3n) is 4.26. The molecule has 7 heteroatoms. The van der Waals surface area contributed by atoms with Crippen LogP contribution in [-0.2, 0) is 6.54 Å². The third kappa shape index (κ3) is 5.85. The molecule has 1 atom stereocenters. The SMILES string of the molecule is CCNC(=NCc1ccc(C)c(F)c1)NCC(O)c1ccc(OC)c(OC)c1. The monoisotopic (exact) mass is 389 g/mol. The Kier molecular flexibility index (Phi) is 8.07. The van der Waals surface area contributed by atoms with Gasteiger partial charge in [0.1, 0.15) is 5.82 Å². The van der Waals surface area contributed by atoms with Crippen LogP contribution >= 0.6 is 0 Å². The van der Waals surface area contributed by atoms with Gasteiger partial charge in [-0.05, 0) is 48.7 Å². The molecule has 0 radical (unpaired) electrons. The summed E-state index contributed by atoms with van der Waals surface area (Å²) in [4.78, 5) is 4.45. The van der Waals surface area contributed by atoms with Crippen LogP contribution in [0.5, 0.6) is 11.5 Å². The predicted molar refractivity (Wildman–Crippen MR) is 108 cm³/mol. The summed E-state index contributed by atoms with van der Waals surface area (Å²) in [6.45, 7) is 4.93. The van der Waals surface area contributed by atoms with Crippen molar-refractivity contribution >= 4 is 5.96 Å². The van der Waals surface area contributed by atoms with Crippen LogP contribution in [0, 0.1) is 12.7 Å². The van der Waals surface area contributed by atoms with Crippen molar-refractivity contribution in [3.8, 4) is 11.5 Å². The van der Waals surface area contributed by atoms with Gasteiger partial charge in [-0.3, -0.25) is 0 Å². The number of benzene rings is 2. The maximum atomic E-state index is 13.7. The third-order valence-corrected chi connectivity index (χ3v) is 4.26. The van der Waals surface area contributed by atoms with E-state index in [2.05, 4.69) is 15.6 Å². The zero-order valence-corrected chi connectivity index (χ0v) is 16.8. The molecule has 28 heavy (non-hydrogen) atoms. The van der Waals surface area contributed by atoms with Gasteiger partial charge in [0.15, 0.2) is 17.5 Å². The Labute approximate surface area is 165 Å². The van der Waals surface area contributed by atoms with Crippen LogP contribution in [0.3, 0.4) is 0 Å². The summed E-state index contributed by atoms with van der Waals surface area (Å²) in [7, 11) is 3.12. The fourth-order valence-corrected chi connectivity index (χ4v) is 2.62. The van der Waals surface area contributed by atoms with Gasteiger partial charge in [-0.15, -0.1) is 0 Å². The summed E-state index contributed by atoms with van der Waals surface area (Å²) in [5.74, 6) is 1.46. The van der Waals surface area contributed by atoms with Gasteiger partial charge in [0.25, 0.3) is 0 Å². The number of guanidine groups is 1. The van der Waals surface area contributed by atoms with Gasteiger partial charge in [0.05, 0.1) is 26.9 Å². The molecule has 0 saturated heterocycles. The van der Waals surface area contributed by atoms with E-state index in [0.29, 0.717) is 41.7 Å². The van der Waals surface area contributed by atoms with E-state index in [9.17, 15) is 9.50 Å².